The SMILES string of the molecule is CCOC(=O)CCc1nc(C)ncc1C(=O)OCC. The van der Waals surface area contributed by atoms with Crippen LogP contribution in [0.5, 0.6) is 0 Å². The Balaban J connectivity index is 2.82. The molecular formula is C13H18N2O4. The van der Waals surface area contributed by atoms with Gasteiger partial charge in [-0.1, -0.05) is 0 Å². The van der Waals surface area contributed by atoms with Crippen molar-refractivity contribution >= 4 is 11.9 Å². The number of nitrogens with zero attached hydrogens (tertiary/aromatic N) is 2. The number of carbonyl (C=O) groups excluding carboxylic acids is 2. The molecule has 1 aromatic rings. The van der Waals surface area contributed by atoms with E-state index in [1.807, 2.05) is 0 Å². The largest absolute Gasteiger partial charge is 0.466 e. The first-order valence-electron chi connectivity index (χ1n) is 6.23. The van der Waals surface area contributed by atoms with E-state index in [2.05, 4.69) is 9.97 Å². The number of hydrogen-bond acceptors (Lipinski definition) is 6. The van der Waals surface area contributed by atoms with Crippen molar-refractivity contribution in [3.05, 3.63) is 23.3 Å². The molecule has 1 rings (SSSR count). The van der Waals surface area contributed by atoms with E-state index in [1.54, 1.807) is 20.8 Å². The maximum atomic E-state index is 11.7. The molecule has 0 aliphatic heterocycles. The molecule has 0 aliphatic carbocycles. The number of aryl methyl sites for hydroxylation is 2. The Hall–Kier alpha value is -1.98. The number of ether oxygens (including phenoxy) is 2. The minimum Gasteiger partial charge on any atom is -0.466 e. The summed E-state index contributed by atoms with van der Waals surface area (Å²) in [6.07, 6.45) is 1.94. The summed E-state index contributed by atoms with van der Waals surface area (Å²) >= 11 is 0. The van der Waals surface area contributed by atoms with E-state index in [0.29, 0.717) is 30.1 Å². The van der Waals surface area contributed by atoms with Gasteiger partial charge in [0, 0.05) is 12.6 Å². The van der Waals surface area contributed by atoms with E-state index in [0.717, 1.165) is 0 Å². The van der Waals surface area contributed by atoms with Crippen molar-refractivity contribution in [3.8, 4) is 0 Å². The second kappa shape index (κ2) is 7.45. The van der Waals surface area contributed by atoms with Crippen molar-refractivity contribution < 1.29 is 19.1 Å². The molecule has 6 nitrogen and oxygen atoms in total. The maximum Gasteiger partial charge on any atom is 0.341 e. The summed E-state index contributed by atoms with van der Waals surface area (Å²) in [5, 5.41) is 0. The predicted molar refractivity (Wildman–Crippen MR) is 67.7 cm³/mol. The summed E-state index contributed by atoms with van der Waals surface area (Å²) in [6, 6.07) is 0. The fourth-order valence-corrected chi connectivity index (χ4v) is 1.54. The molecule has 6 heteroatoms. The number of esters is 2. The molecule has 104 valence electrons. The molecule has 0 saturated heterocycles. The summed E-state index contributed by atoms with van der Waals surface area (Å²) in [4.78, 5) is 31.2. The lowest BCUT2D eigenvalue weighted by molar-refractivity contribution is -0.143. The monoisotopic (exact) mass is 266 g/mol. The van der Waals surface area contributed by atoms with E-state index in [-0.39, 0.29) is 19.0 Å². The van der Waals surface area contributed by atoms with Gasteiger partial charge in [0.05, 0.1) is 30.9 Å². The molecule has 0 fully saturated rings. The van der Waals surface area contributed by atoms with Gasteiger partial charge < -0.3 is 9.47 Å². The first kappa shape index (κ1) is 15.1. The topological polar surface area (TPSA) is 78.4 Å². The van der Waals surface area contributed by atoms with Gasteiger partial charge in [-0.25, -0.2) is 14.8 Å². The van der Waals surface area contributed by atoms with Gasteiger partial charge in [-0.2, -0.15) is 0 Å². The zero-order chi connectivity index (χ0) is 14.3. The van der Waals surface area contributed by atoms with Crippen LogP contribution in [0.25, 0.3) is 0 Å². The summed E-state index contributed by atoms with van der Waals surface area (Å²) < 4.78 is 9.77. The average molecular weight is 266 g/mol. The maximum absolute atomic E-state index is 11.7. The molecule has 0 atom stereocenters. The number of hydrogen-bond donors (Lipinski definition) is 0. The molecule has 0 bridgehead atoms. The van der Waals surface area contributed by atoms with Crippen LogP contribution in [0.4, 0.5) is 0 Å². The Labute approximate surface area is 112 Å². The minimum atomic E-state index is -0.471. The Bertz CT molecular complexity index is 460. The molecule has 1 aromatic heterocycles. The van der Waals surface area contributed by atoms with Gasteiger partial charge in [0.2, 0.25) is 0 Å². The van der Waals surface area contributed by atoms with Crippen LogP contribution < -0.4 is 0 Å². The molecule has 0 aliphatic rings. The van der Waals surface area contributed by atoms with Crippen LogP contribution in [-0.4, -0.2) is 35.1 Å². The highest BCUT2D eigenvalue weighted by molar-refractivity contribution is 5.90. The molecule has 0 saturated carbocycles. The van der Waals surface area contributed by atoms with E-state index >= 15 is 0 Å². The predicted octanol–water partition coefficient (Wildman–Crippen LogP) is 1.46. The normalized spacial score (nSPS) is 10.1. The Morgan fingerprint density at radius 2 is 1.89 bits per heavy atom. The van der Waals surface area contributed by atoms with Crippen LogP contribution in [0, 0.1) is 6.92 Å². The van der Waals surface area contributed by atoms with Crippen LogP contribution in [0.2, 0.25) is 0 Å². The van der Waals surface area contributed by atoms with Crippen molar-refractivity contribution in [2.45, 2.75) is 33.6 Å². The van der Waals surface area contributed by atoms with E-state index in [4.69, 9.17) is 9.47 Å². The molecule has 19 heavy (non-hydrogen) atoms. The third-order valence-electron chi connectivity index (χ3n) is 2.35. The van der Waals surface area contributed by atoms with Crippen LogP contribution >= 0.6 is 0 Å². The summed E-state index contributed by atoms with van der Waals surface area (Å²) in [7, 11) is 0. The van der Waals surface area contributed by atoms with Crippen LogP contribution in [0.3, 0.4) is 0 Å². The zero-order valence-corrected chi connectivity index (χ0v) is 11.4. The van der Waals surface area contributed by atoms with E-state index < -0.39 is 5.97 Å². The third kappa shape index (κ3) is 4.65. The number of carbonyl (C=O) groups is 2. The van der Waals surface area contributed by atoms with Crippen LogP contribution in [0.1, 0.15) is 42.1 Å². The summed E-state index contributed by atoms with van der Waals surface area (Å²) in [5.74, 6) is -0.234. The van der Waals surface area contributed by atoms with Crippen LogP contribution in [-0.2, 0) is 20.7 Å². The lowest BCUT2D eigenvalue weighted by atomic mass is 10.1. The molecule has 0 amide bonds. The van der Waals surface area contributed by atoms with Crippen molar-refractivity contribution in [1.29, 1.82) is 0 Å². The highest BCUT2D eigenvalue weighted by Gasteiger charge is 2.16. The van der Waals surface area contributed by atoms with Gasteiger partial charge in [0.15, 0.2) is 0 Å². The lowest BCUT2D eigenvalue weighted by Gasteiger charge is -2.08. The van der Waals surface area contributed by atoms with Crippen molar-refractivity contribution in [1.82, 2.24) is 9.97 Å². The van der Waals surface area contributed by atoms with Crippen LogP contribution in [0.15, 0.2) is 6.20 Å². The second-order valence-corrected chi connectivity index (χ2v) is 3.80. The average Bonchev–Trinajstić information content (AvgIpc) is 2.37. The van der Waals surface area contributed by atoms with Gasteiger partial charge in [-0.05, 0) is 20.8 Å². The van der Waals surface area contributed by atoms with Gasteiger partial charge in [0.1, 0.15) is 5.82 Å². The minimum absolute atomic E-state index is 0.177. The van der Waals surface area contributed by atoms with Gasteiger partial charge in [-0.3, -0.25) is 4.79 Å². The standard InChI is InChI=1S/C13H18N2O4/c1-4-18-12(16)7-6-11-10(13(17)19-5-2)8-14-9(3)15-11/h8H,4-7H2,1-3H3. The second-order valence-electron chi connectivity index (χ2n) is 3.80. The van der Waals surface area contributed by atoms with E-state index in [1.165, 1.54) is 6.20 Å². The number of aromatic nitrogens is 2. The van der Waals surface area contributed by atoms with Gasteiger partial charge in [0.25, 0.3) is 0 Å². The molecule has 0 spiro atoms. The number of rotatable bonds is 6. The molecular weight excluding hydrogens is 248 g/mol. The zero-order valence-electron chi connectivity index (χ0n) is 11.4. The molecule has 0 aromatic carbocycles. The highest BCUT2D eigenvalue weighted by Crippen LogP contribution is 2.10. The third-order valence-corrected chi connectivity index (χ3v) is 2.35. The van der Waals surface area contributed by atoms with Crippen molar-refractivity contribution in [2.24, 2.45) is 0 Å². The first-order valence-corrected chi connectivity index (χ1v) is 6.23. The smallest absolute Gasteiger partial charge is 0.341 e. The van der Waals surface area contributed by atoms with Crippen molar-refractivity contribution in [3.63, 3.8) is 0 Å². The quantitative estimate of drug-likeness (QED) is 0.725. The Morgan fingerprint density at radius 1 is 1.21 bits per heavy atom. The van der Waals surface area contributed by atoms with E-state index in [9.17, 15) is 9.59 Å². The fraction of sp³-hybridized carbons (Fsp3) is 0.538. The molecule has 0 unspecified atom stereocenters. The highest BCUT2D eigenvalue weighted by atomic mass is 16.5. The first-order chi connectivity index (χ1) is 9.08. The lowest BCUT2D eigenvalue weighted by Crippen LogP contribution is -2.13. The Kier molecular flexibility index (Phi) is 5.92. The fourth-order valence-electron chi connectivity index (χ4n) is 1.54. The summed E-state index contributed by atoms with van der Waals surface area (Å²) in [6.45, 7) is 5.82. The van der Waals surface area contributed by atoms with Gasteiger partial charge in [-0.15, -0.1) is 0 Å². The molecule has 0 radical (unpaired) electrons. The molecule has 1 heterocycles. The Morgan fingerprint density at radius 3 is 2.53 bits per heavy atom. The van der Waals surface area contributed by atoms with Gasteiger partial charge >= 0.3 is 11.9 Å². The van der Waals surface area contributed by atoms with Crippen molar-refractivity contribution in [2.75, 3.05) is 13.2 Å². The molecule has 0 N–H and O–H groups in total. The summed E-state index contributed by atoms with van der Waals surface area (Å²) in [5.41, 5.74) is 0.816.